The van der Waals surface area contributed by atoms with Crippen molar-refractivity contribution in [3.05, 3.63) is 35.1 Å². The van der Waals surface area contributed by atoms with Gasteiger partial charge in [-0.25, -0.2) is 0 Å². The van der Waals surface area contributed by atoms with E-state index in [9.17, 15) is 0 Å². The predicted molar refractivity (Wildman–Crippen MR) is 110 cm³/mol. The molecule has 1 heteroatoms. The van der Waals surface area contributed by atoms with Gasteiger partial charge in [0.05, 0.1) is 12.9 Å². The molecule has 4 aliphatic carbocycles. The van der Waals surface area contributed by atoms with Crippen molar-refractivity contribution < 1.29 is 4.74 Å². The third kappa shape index (κ3) is 2.56. The molecule has 0 amide bonds. The van der Waals surface area contributed by atoms with Crippen molar-refractivity contribution in [3.63, 3.8) is 0 Å². The molecule has 0 bridgehead atoms. The Kier molecular flexibility index (Phi) is 4.65. The highest BCUT2D eigenvalue weighted by Crippen LogP contribution is 2.66. The van der Waals surface area contributed by atoms with Crippen molar-refractivity contribution in [2.45, 2.75) is 79.1 Å². The molecule has 6 atom stereocenters. The zero-order valence-corrected chi connectivity index (χ0v) is 17.6. The highest BCUT2D eigenvalue weighted by atomic mass is 16.5. The summed E-state index contributed by atoms with van der Waals surface area (Å²) in [6, 6.07) is 0. The van der Waals surface area contributed by atoms with E-state index in [4.69, 9.17) is 4.74 Å². The number of rotatable bonds is 3. The number of hydrogen-bond donors (Lipinski definition) is 0. The summed E-state index contributed by atoms with van der Waals surface area (Å²) in [4.78, 5) is 0. The summed E-state index contributed by atoms with van der Waals surface area (Å²) in [5.74, 6) is 4.73. The summed E-state index contributed by atoms with van der Waals surface area (Å²) in [5.41, 5.74) is 4.20. The molecule has 0 spiro atoms. The lowest BCUT2D eigenvalue weighted by Crippen LogP contribution is -2.49. The van der Waals surface area contributed by atoms with Crippen molar-refractivity contribution in [1.82, 2.24) is 0 Å². The summed E-state index contributed by atoms with van der Waals surface area (Å²) in [5, 5.41) is 0. The first-order chi connectivity index (χ1) is 12.4. The lowest BCUT2D eigenvalue weighted by molar-refractivity contribution is -0.0318. The third-order valence-electron chi connectivity index (χ3n) is 9.07. The van der Waals surface area contributed by atoms with Crippen LogP contribution in [0, 0.1) is 34.5 Å². The van der Waals surface area contributed by atoms with E-state index in [1.165, 1.54) is 50.7 Å². The maximum absolute atomic E-state index is 5.58. The van der Waals surface area contributed by atoms with Gasteiger partial charge in [-0.1, -0.05) is 38.5 Å². The lowest BCUT2D eigenvalue weighted by Gasteiger charge is -2.57. The first-order valence-corrected chi connectivity index (χ1v) is 11.1. The maximum atomic E-state index is 5.58. The minimum atomic E-state index is 0.388. The zero-order valence-electron chi connectivity index (χ0n) is 17.6. The number of ether oxygens (including phenoxy) is 1. The van der Waals surface area contributed by atoms with E-state index in [0.717, 1.165) is 30.1 Å². The first-order valence-electron chi connectivity index (χ1n) is 11.1. The normalized spacial score (nSPS) is 45.2. The standard InChI is InChI=1S/C25H38O/c1-6-7-17(2)21-10-11-22-20-9-8-18-16-19(26-5)12-14-24(18,3)23(20)13-15-25(21,22)4/h7-8,16,20-23H,6,9-15H2,1-5H3/t20?,21-,22?,23?,24?,25?/m1/s1. The number of allylic oxidation sites excluding steroid dienone is 6. The molecule has 26 heavy (non-hydrogen) atoms. The average Bonchev–Trinajstić information content (AvgIpc) is 2.98. The molecule has 2 saturated carbocycles. The average molecular weight is 355 g/mol. The van der Waals surface area contributed by atoms with Gasteiger partial charge in [-0.05, 0) is 98.0 Å². The Morgan fingerprint density at radius 3 is 2.73 bits per heavy atom. The number of hydrogen-bond acceptors (Lipinski definition) is 1. The molecule has 0 aliphatic heterocycles. The van der Waals surface area contributed by atoms with E-state index in [2.05, 4.69) is 45.9 Å². The van der Waals surface area contributed by atoms with Gasteiger partial charge < -0.3 is 4.74 Å². The van der Waals surface area contributed by atoms with E-state index in [-0.39, 0.29) is 0 Å². The lowest BCUT2D eigenvalue weighted by atomic mass is 9.48. The molecule has 0 aromatic heterocycles. The van der Waals surface area contributed by atoms with Crippen molar-refractivity contribution in [2.24, 2.45) is 34.5 Å². The molecule has 0 aromatic carbocycles. The van der Waals surface area contributed by atoms with Gasteiger partial charge in [-0.2, -0.15) is 0 Å². The topological polar surface area (TPSA) is 9.23 Å². The summed E-state index contributed by atoms with van der Waals surface area (Å²) in [6.45, 7) is 9.90. The Morgan fingerprint density at radius 2 is 2.00 bits per heavy atom. The van der Waals surface area contributed by atoms with Crippen molar-refractivity contribution in [2.75, 3.05) is 7.11 Å². The quantitative estimate of drug-likeness (QED) is 0.493. The molecule has 144 valence electrons. The third-order valence-corrected chi connectivity index (χ3v) is 9.07. The molecule has 5 unspecified atom stereocenters. The van der Waals surface area contributed by atoms with Crippen LogP contribution in [0.4, 0.5) is 0 Å². The van der Waals surface area contributed by atoms with Crippen LogP contribution in [0.2, 0.25) is 0 Å². The van der Waals surface area contributed by atoms with Crippen LogP contribution in [0.1, 0.15) is 79.1 Å². The monoisotopic (exact) mass is 354 g/mol. The Morgan fingerprint density at radius 1 is 1.19 bits per heavy atom. The van der Waals surface area contributed by atoms with E-state index >= 15 is 0 Å². The van der Waals surface area contributed by atoms with Gasteiger partial charge in [-0.15, -0.1) is 0 Å². The number of fused-ring (bicyclic) bond motifs is 5. The minimum absolute atomic E-state index is 0.388. The smallest absolute Gasteiger partial charge is 0.0958 e. The fourth-order valence-electron chi connectivity index (χ4n) is 7.67. The van der Waals surface area contributed by atoms with Crippen LogP contribution in [0.25, 0.3) is 0 Å². The van der Waals surface area contributed by atoms with Gasteiger partial charge in [0.15, 0.2) is 0 Å². The molecular formula is C25H38O. The molecule has 1 nitrogen and oxygen atoms in total. The Hall–Kier alpha value is -0.980. The van der Waals surface area contributed by atoms with Gasteiger partial charge in [0.1, 0.15) is 0 Å². The SMILES string of the molecule is CCC=C(C)[C@H]1CCC2C3CC=C4C=C(OC)CCC4(C)C3CCC21C. The van der Waals surface area contributed by atoms with Gasteiger partial charge in [0.25, 0.3) is 0 Å². The van der Waals surface area contributed by atoms with Crippen molar-refractivity contribution >= 4 is 0 Å². The van der Waals surface area contributed by atoms with Gasteiger partial charge in [-0.3, -0.25) is 0 Å². The van der Waals surface area contributed by atoms with Crippen LogP contribution in [0.15, 0.2) is 35.1 Å². The fourth-order valence-corrected chi connectivity index (χ4v) is 7.67. The zero-order chi connectivity index (χ0) is 18.5. The Balaban J connectivity index is 1.64. The molecule has 0 aromatic rings. The minimum Gasteiger partial charge on any atom is -0.501 e. The second-order valence-corrected chi connectivity index (χ2v) is 10.0. The molecular weight excluding hydrogens is 316 g/mol. The summed E-state index contributed by atoms with van der Waals surface area (Å²) in [7, 11) is 1.83. The van der Waals surface area contributed by atoms with E-state index < -0.39 is 0 Å². The molecule has 2 fully saturated rings. The van der Waals surface area contributed by atoms with Crippen LogP contribution in [-0.2, 0) is 4.74 Å². The van der Waals surface area contributed by atoms with Crippen LogP contribution >= 0.6 is 0 Å². The Labute approximate surface area is 161 Å². The summed E-state index contributed by atoms with van der Waals surface area (Å²) in [6.07, 6.45) is 18.1. The molecule has 0 radical (unpaired) electrons. The second kappa shape index (κ2) is 6.57. The van der Waals surface area contributed by atoms with Crippen LogP contribution in [-0.4, -0.2) is 7.11 Å². The van der Waals surface area contributed by atoms with E-state index in [1.807, 2.05) is 7.11 Å². The maximum Gasteiger partial charge on any atom is 0.0958 e. The van der Waals surface area contributed by atoms with Gasteiger partial charge >= 0.3 is 0 Å². The highest BCUT2D eigenvalue weighted by molar-refractivity contribution is 5.36. The van der Waals surface area contributed by atoms with Gasteiger partial charge in [0, 0.05) is 6.42 Å². The molecule has 4 rings (SSSR count). The van der Waals surface area contributed by atoms with Crippen LogP contribution in [0.5, 0.6) is 0 Å². The van der Waals surface area contributed by atoms with Crippen molar-refractivity contribution in [3.8, 4) is 0 Å². The van der Waals surface area contributed by atoms with Crippen LogP contribution < -0.4 is 0 Å². The molecule has 0 N–H and O–H groups in total. The van der Waals surface area contributed by atoms with Gasteiger partial charge in [0.2, 0.25) is 0 Å². The first kappa shape index (κ1) is 18.4. The van der Waals surface area contributed by atoms with E-state index in [0.29, 0.717) is 10.8 Å². The molecule has 0 heterocycles. The largest absolute Gasteiger partial charge is 0.501 e. The van der Waals surface area contributed by atoms with Crippen molar-refractivity contribution in [1.29, 1.82) is 0 Å². The summed E-state index contributed by atoms with van der Waals surface area (Å²) < 4.78 is 5.58. The fraction of sp³-hybridized carbons (Fsp3) is 0.760. The second-order valence-electron chi connectivity index (χ2n) is 10.0. The Bertz CT molecular complexity index is 653. The number of methoxy groups -OCH3 is 1. The summed E-state index contributed by atoms with van der Waals surface area (Å²) >= 11 is 0. The predicted octanol–water partition coefficient (Wildman–Crippen LogP) is 7.06. The van der Waals surface area contributed by atoms with Crippen LogP contribution in [0.3, 0.4) is 0 Å². The molecule has 4 aliphatic rings. The highest BCUT2D eigenvalue weighted by Gasteiger charge is 2.58. The van der Waals surface area contributed by atoms with E-state index in [1.54, 1.807) is 11.1 Å². The molecule has 0 saturated heterocycles.